The molecule has 0 radical (unpaired) electrons. The normalized spacial score (nSPS) is 11.6. The van der Waals surface area contributed by atoms with Gasteiger partial charge in [-0.1, -0.05) is 13.8 Å². The molecule has 0 fully saturated rings. The van der Waals surface area contributed by atoms with Gasteiger partial charge in [-0.15, -0.1) is 0 Å². The SMILES string of the molecule is CCC(O)(CC)CNc1cc(F)c(F)cc1F. The standard InChI is InChI=1S/C12H16F3NO/c1-3-12(17,4-2)7-16-11-6-9(14)8(13)5-10(11)15/h5-6,16-17H,3-4,7H2,1-2H3. The van der Waals surface area contributed by atoms with Crippen LogP contribution < -0.4 is 5.32 Å². The van der Waals surface area contributed by atoms with Gasteiger partial charge >= 0.3 is 0 Å². The van der Waals surface area contributed by atoms with Crippen LogP contribution in [0.4, 0.5) is 18.9 Å². The molecule has 0 aliphatic rings. The van der Waals surface area contributed by atoms with Crippen LogP contribution in [0.25, 0.3) is 0 Å². The van der Waals surface area contributed by atoms with E-state index >= 15 is 0 Å². The first-order valence-electron chi connectivity index (χ1n) is 5.52. The van der Waals surface area contributed by atoms with Gasteiger partial charge in [-0.3, -0.25) is 0 Å². The van der Waals surface area contributed by atoms with Gasteiger partial charge in [0.2, 0.25) is 0 Å². The molecule has 2 N–H and O–H groups in total. The monoisotopic (exact) mass is 247 g/mol. The van der Waals surface area contributed by atoms with E-state index in [-0.39, 0.29) is 12.2 Å². The molecule has 0 bridgehead atoms. The molecule has 0 saturated carbocycles. The molecule has 0 aliphatic heterocycles. The second-order valence-corrected chi connectivity index (χ2v) is 4.03. The summed E-state index contributed by atoms with van der Waals surface area (Å²) < 4.78 is 38.8. The van der Waals surface area contributed by atoms with Gasteiger partial charge in [-0.25, -0.2) is 13.2 Å². The summed E-state index contributed by atoms with van der Waals surface area (Å²) in [6, 6.07) is 1.23. The lowest BCUT2D eigenvalue weighted by Crippen LogP contribution is -2.35. The van der Waals surface area contributed by atoms with Crippen molar-refractivity contribution in [3.8, 4) is 0 Å². The third-order valence-electron chi connectivity index (χ3n) is 2.93. The van der Waals surface area contributed by atoms with Crippen LogP contribution in [0.1, 0.15) is 26.7 Å². The van der Waals surface area contributed by atoms with E-state index in [0.29, 0.717) is 18.9 Å². The van der Waals surface area contributed by atoms with Crippen molar-refractivity contribution in [2.75, 3.05) is 11.9 Å². The van der Waals surface area contributed by atoms with Gasteiger partial charge in [0.05, 0.1) is 11.3 Å². The summed E-state index contributed by atoms with van der Waals surface area (Å²) in [4.78, 5) is 0. The van der Waals surface area contributed by atoms with Crippen LogP contribution in [0.2, 0.25) is 0 Å². The smallest absolute Gasteiger partial charge is 0.161 e. The molecule has 5 heteroatoms. The minimum Gasteiger partial charge on any atom is -0.388 e. The molecule has 2 nitrogen and oxygen atoms in total. The highest BCUT2D eigenvalue weighted by molar-refractivity contribution is 5.45. The van der Waals surface area contributed by atoms with Crippen molar-refractivity contribution in [3.05, 3.63) is 29.6 Å². The lowest BCUT2D eigenvalue weighted by atomic mass is 9.97. The van der Waals surface area contributed by atoms with E-state index in [0.717, 1.165) is 6.07 Å². The van der Waals surface area contributed by atoms with E-state index in [1.165, 1.54) is 0 Å². The lowest BCUT2D eigenvalue weighted by molar-refractivity contribution is 0.0456. The zero-order chi connectivity index (χ0) is 13.1. The molecule has 17 heavy (non-hydrogen) atoms. The summed E-state index contributed by atoms with van der Waals surface area (Å²) in [5.74, 6) is -3.22. The zero-order valence-electron chi connectivity index (χ0n) is 9.86. The number of hydrogen-bond donors (Lipinski definition) is 2. The predicted molar refractivity (Wildman–Crippen MR) is 60.3 cm³/mol. The van der Waals surface area contributed by atoms with Crippen molar-refractivity contribution in [2.45, 2.75) is 32.3 Å². The van der Waals surface area contributed by atoms with Gasteiger partial charge in [0, 0.05) is 18.7 Å². The molecule has 1 rings (SSSR count). The first-order chi connectivity index (χ1) is 7.91. The molecule has 0 unspecified atom stereocenters. The Bertz CT molecular complexity index is 392. The van der Waals surface area contributed by atoms with Crippen LogP contribution in [-0.2, 0) is 0 Å². The minimum atomic E-state index is -1.23. The van der Waals surface area contributed by atoms with Crippen LogP contribution in [-0.4, -0.2) is 17.3 Å². The Morgan fingerprint density at radius 3 is 2.12 bits per heavy atom. The number of benzene rings is 1. The average molecular weight is 247 g/mol. The maximum Gasteiger partial charge on any atom is 0.161 e. The molecule has 1 aromatic rings. The van der Waals surface area contributed by atoms with Crippen LogP contribution in [0.3, 0.4) is 0 Å². The number of aliphatic hydroxyl groups is 1. The Labute approximate surface area is 98.5 Å². The van der Waals surface area contributed by atoms with Gasteiger partial charge in [0.15, 0.2) is 11.6 Å². The van der Waals surface area contributed by atoms with Crippen LogP contribution in [0.5, 0.6) is 0 Å². The molecule has 0 heterocycles. The Morgan fingerprint density at radius 2 is 1.59 bits per heavy atom. The Morgan fingerprint density at radius 1 is 1.06 bits per heavy atom. The average Bonchev–Trinajstić information content (AvgIpc) is 2.32. The quantitative estimate of drug-likeness (QED) is 0.784. The van der Waals surface area contributed by atoms with Crippen molar-refractivity contribution in [1.29, 1.82) is 0 Å². The van der Waals surface area contributed by atoms with Gasteiger partial charge in [0.25, 0.3) is 0 Å². The summed E-state index contributed by atoms with van der Waals surface area (Å²) >= 11 is 0. The largest absolute Gasteiger partial charge is 0.388 e. The summed E-state index contributed by atoms with van der Waals surface area (Å²) in [7, 11) is 0. The lowest BCUT2D eigenvalue weighted by Gasteiger charge is -2.26. The van der Waals surface area contributed by atoms with E-state index in [9.17, 15) is 18.3 Å². The zero-order valence-corrected chi connectivity index (χ0v) is 9.86. The van der Waals surface area contributed by atoms with Crippen LogP contribution in [0.15, 0.2) is 12.1 Å². The van der Waals surface area contributed by atoms with E-state index in [1.54, 1.807) is 13.8 Å². The summed E-state index contributed by atoms with van der Waals surface area (Å²) in [5.41, 5.74) is -1.12. The summed E-state index contributed by atoms with van der Waals surface area (Å²) in [5, 5.41) is 12.5. The molecule has 0 saturated heterocycles. The van der Waals surface area contributed by atoms with Crippen molar-refractivity contribution >= 4 is 5.69 Å². The van der Waals surface area contributed by atoms with Crippen molar-refractivity contribution < 1.29 is 18.3 Å². The highest BCUT2D eigenvalue weighted by atomic mass is 19.2. The molecule has 0 aromatic heterocycles. The topological polar surface area (TPSA) is 32.3 Å². The number of rotatable bonds is 5. The highest BCUT2D eigenvalue weighted by Crippen LogP contribution is 2.21. The molecule has 0 aliphatic carbocycles. The fraction of sp³-hybridized carbons (Fsp3) is 0.500. The molecular formula is C12H16F3NO. The Kier molecular flexibility index (Phi) is 4.40. The van der Waals surface area contributed by atoms with E-state index in [2.05, 4.69) is 5.32 Å². The van der Waals surface area contributed by atoms with Crippen molar-refractivity contribution in [2.24, 2.45) is 0 Å². The van der Waals surface area contributed by atoms with Crippen molar-refractivity contribution in [1.82, 2.24) is 0 Å². The molecule has 1 aromatic carbocycles. The van der Waals surface area contributed by atoms with Crippen molar-refractivity contribution in [3.63, 3.8) is 0 Å². The third kappa shape index (κ3) is 3.36. The van der Waals surface area contributed by atoms with Gasteiger partial charge in [0.1, 0.15) is 5.82 Å². The molecule has 0 amide bonds. The highest BCUT2D eigenvalue weighted by Gasteiger charge is 2.22. The first-order valence-corrected chi connectivity index (χ1v) is 5.52. The Hall–Kier alpha value is -1.23. The van der Waals surface area contributed by atoms with Gasteiger partial charge < -0.3 is 10.4 Å². The first kappa shape index (κ1) is 13.8. The maximum absolute atomic E-state index is 13.3. The maximum atomic E-state index is 13.3. The Balaban J connectivity index is 2.79. The van der Waals surface area contributed by atoms with Gasteiger partial charge in [-0.05, 0) is 12.8 Å². The van der Waals surface area contributed by atoms with E-state index in [4.69, 9.17) is 0 Å². The third-order valence-corrected chi connectivity index (χ3v) is 2.93. The predicted octanol–water partition coefficient (Wildman–Crippen LogP) is 3.07. The molecule has 0 atom stereocenters. The molecule has 0 spiro atoms. The fourth-order valence-electron chi connectivity index (χ4n) is 1.42. The summed E-state index contributed by atoms with van der Waals surface area (Å²) in [6.45, 7) is 3.68. The van der Waals surface area contributed by atoms with E-state index in [1.807, 2.05) is 0 Å². The number of halogens is 3. The van der Waals surface area contributed by atoms with Gasteiger partial charge in [-0.2, -0.15) is 0 Å². The second kappa shape index (κ2) is 5.40. The van der Waals surface area contributed by atoms with E-state index < -0.39 is 23.1 Å². The number of nitrogens with one attached hydrogen (secondary N) is 1. The second-order valence-electron chi connectivity index (χ2n) is 4.03. The molecule has 96 valence electrons. The summed E-state index contributed by atoms with van der Waals surface area (Å²) in [6.07, 6.45) is 0.976. The van der Waals surface area contributed by atoms with Crippen LogP contribution in [0, 0.1) is 17.5 Å². The van der Waals surface area contributed by atoms with Crippen LogP contribution >= 0.6 is 0 Å². The minimum absolute atomic E-state index is 0.0853. The number of hydrogen-bond acceptors (Lipinski definition) is 2. The number of anilines is 1. The molecular weight excluding hydrogens is 231 g/mol. The fourth-order valence-corrected chi connectivity index (χ4v) is 1.42.